The van der Waals surface area contributed by atoms with Crippen LogP contribution in [0.4, 0.5) is 11.8 Å². The average molecular weight is 350 g/mol. The molecule has 2 aromatic heterocycles. The fraction of sp³-hybridized carbons (Fsp3) is 0.647. The summed E-state index contributed by atoms with van der Waals surface area (Å²) >= 11 is 1.68. The highest BCUT2D eigenvalue weighted by Crippen LogP contribution is 2.34. The van der Waals surface area contributed by atoms with Crippen LogP contribution in [0.3, 0.4) is 0 Å². The Hall–Kier alpha value is -1.44. The smallest absolute Gasteiger partial charge is 0.227 e. The van der Waals surface area contributed by atoms with E-state index in [4.69, 9.17) is 9.97 Å². The molecular formula is C17H27N5OS. The zero-order chi connectivity index (χ0) is 17.1. The van der Waals surface area contributed by atoms with Gasteiger partial charge in [-0.2, -0.15) is 4.98 Å². The lowest BCUT2D eigenvalue weighted by Gasteiger charge is -2.26. The molecule has 1 aliphatic rings. The number of aliphatic hydroxyl groups excluding tert-OH is 1. The van der Waals surface area contributed by atoms with Gasteiger partial charge in [0.1, 0.15) is 0 Å². The molecule has 0 spiro atoms. The van der Waals surface area contributed by atoms with Crippen molar-refractivity contribution in [3.63, 3.8) is 0 Å². The zero-order valence-electron chi connectivity index (χ0n) is 14.8. The van der Waals surface area contributed by atoms with Gasteiger partial charge in [0.2, 0.25) is 5.95 Å². The number of rotatable bonds is 7. The number of thiophene rings is 1. The molecular weight excluding hydrogens is 322 g/mol. The molecule has 3 heterocycles. The standard InChI is InChI=1S/C17H27N5OS/c1-20(2)8-5-9-21(3)17-18-14-7-11-24-15(14)16(19-17)22-10-4-6-13(22)12-23/h7,11,13,23H,4-6,8-10,12H2,1-3H3/t13-/m0/s1. The van der Waals surface area contributed by atoms with Crippen molar-refractivity contribution in [2.45, 2.75) is 25.3 Å². The van der Waals surface area contributed by atoms with Gasteiger partial charge in [0, 0.05) is 20.1 Å². The lowest BCUT2D eigenvalue weighted by molar-refractivity contribution is 0.266. The van der Waals surface area contributed by atoms with Crippen LogP contribution in [-0.2, 0) is 0 Å². The van der Waals surface area contributed by atoms with Crippen molar-refractivity contribution in [2.24, 2.45) is 0 Å². The summed E-state index contributed by atoms with van der Waals surface area (Å²) in [6.07, 6.45) is 3.21. The third-order valence-corrected chi connectivity index (χ3v) is 5.47. The van der Waals surface area contributed by atoms with Gasteiger partial charge >= 0.3 is 0 Å². The molecule has 1 saturated heterocycles. The Morgan fingerprint density at radius 3 is 2.88 bits per heavy atom. The normalized spacial score (nSPS) is 18.0. The van der Waals surface area contributed by atoms with Crippen molar-refractivity contribution in [3.8, 4) is 0 Å². The second-order valence-electron chi connectivity index (χ2n) is 6.73. The van der Waals surface area contributed by atoms with Crippen LogP contribution in [0.2, 0.25) is 0 Å². The van der Waals surface area contributed by atoms with E-state index in [1.165, 1.54) is 0 Å². The van der Waals surface area contributed by atoms with Gasteiger partial charge in [0.15, 0.2) is 5.82 Å². The van der Waals surface area contributed by atoms with Crippen LogP contribution in [0.1, 0.15) is 19.3 Å². The summed E-state index contributed by atoms with van der Waals surface area (Å²) in [5.41, 5.74) is 1.00. The lowest BCUT2D eigenvalue weighted by Crippen LogP contribution is -2.33. The fourth-order valence-electron chi connectivity index (χ4n) is 3.23. The molecule has 0 saturated carbocycles. The number of nitrogens with zero attached hydrogens (tertiary/aromatic N) is 5. The van der Waals surface area contributed by atoms with Crippen LogP contribution in [0.15, 0.2) is 11.4 Å². The summed E-state index contributed by atoms with van der Waals surface area (Å²) < 4.78 is 1.13. The number of fused-ring (bicyclic) bond motifs is 1. The predicted octanol–water partition coefficient (Wildman–Crippen LogP) is 2.04. The maximum absolute atomic E-state index is 9.67. The van der Waals surface area contributed by atoms with Crippen LogP contribution in [0.25, 0.3) is 10.2 Å². The second-order valence-corrected chi connectivity index (χ2v) is 7.65. The van der Waals surface area contributed by atoms with E-state index in [2.05, 4.69) is 47.3 Å². The summed E-state index contributed by atoms with van der Waals surface area (Å²) in [4.78, 5) is 16.2. The first-order valence-electron chi connectivity index (χ1n) is 8.58. The third-order valence-electron chi connectivity index (χ3n) is 4.57. The quantitative estimate of drug-likeness (QED) is 0.826. The van der Waals surface area contributed by atoms with Crippen LogP contribution in [0.5, 0.6) is 0 Å². The summed E-state index contributed by atoms with van der Waals surface area (Å²) in [5.74, 6) is 1.76. The molecule has 2 aromatic rings. The van der Waals surface area contributed by atoms with E-state index in [1.54, 1.807) is 11.3 Å². The monoisotopic (exact) mass is 349 g/mol. The first-order chi connectivity index (χ1) is 11.6. The summed E-state index contributed by atoms with van der Waals surface area (Å²) in [6.45, 7) is 3.12. The summed E-state index contributed by atoms with van der Waals surface area (Å²) in [5, 5.41) is 11.7. The molecule has 1 aliphatic heterocycles. The molecule has 7 heteroatoms. The lowest BCUT2D eigenvalue weighted by atomic mass is 10.2. The van der Waals surface area contributed by atoms with Crippen LogP contribution in [-0.4, -0.2) is 73.4 Å². The van der Waals surface area contributed by atoms with Crippen LogP contribution >= 0.6 is 11.3 Å². The Kier molecular flexibility index (Phi) is 5.53. The molecule has 132 valence electrons. The Balaban J connectivity index is 1.87. The van der Waals surface area contributed by atoms with Crippen molar-refractivity contribution in [3.05, 3.63) is 11.4 Å². The van der Waals surface area contributed by atoms with Gasteiger partial charge in [-0.1, -0.05) is 0 Å². The van der Waals surface area contributed by atoms with Crippen molar-refractivity contribution in [2.75, 3.05) is 57.2 Å². The minimum atomic E-state index is 0.178. The molecule has 1 atom stereocenters. The van der Waals surface area contributed by atoms with E-state index in [9.17, 15) is 5.11 Å². The minimum Gasteiger partial charge on any atom is -0.394 e. The van der Waals surface area contributed by atoms with E-state index in [1.807, 2.05) is 0 Å². The first kappa shape index (κ1) is 17.4. The highest BCUT2D eigenvalue weighted by atomic mass is 32.1. The van der Waals surface area contributed by atoms with E-state index in [-0.39, 0.29) is 12.6 Å². The van der Waals surface area contributed by atoms with E-state index >= 15 is 0 Å². The molecule has 0 bridgehead atoms. The molecule has 1 N–H and O–H groups in total. The highest BCUT2D eigenvalue weighted by Gasteiger charge is 2.27. The van der Waals surface area contributed by atoms with Gasteiger partial charge in [-0.05, 0) is 51.3 Å². The number of hydrogen-bond acceptors (Lipinski definition) is 7. The highest BCUT2D eigenvalue weighted by molar-refractivity contribution is 7.17. The topological polar surface area (TPSA) is 55.7 Å². The molecule has 0 unspecified atom stereocenters. The Morgan fingerprint density at radius 2 is 2.12 bits per heavy atom. The molecule has 24 heavy (non-hydrogen) atoms. The van der Waals surface area contributed by atoms with Gasteiger partial charge in [-0.25, -0.2) is 4.98 Å². The Bertz CT molecular complexity index is 674. The second kappa shape index (κ2) is 7.63. The summed E-state index contributed by atoms with van der Waals surface area (Å²) in [7, 11) is 6.24. The van der Waals surface area contributed by atoms with Crippen LogP contribution in [0, 0.1) is 0 Å². The van der Waals surface area contributed by atoms with Gasteiger partial charge in [0.05, 0.1) is 22.9 Å². The largest absolute Gasteiger partial charge is 0.394 e. The zero-order valence-corrected chi connectivity index (χ0v) is 15.6. The van der Waals surface area contributed by atoms with Crippen molar-refractivity contribution in [1.29, 1.82) is 0 Å². The average Bonchev–Trinajstić information content (AvgIpc) is 3.21. The Labute approximate surface area is 147 Å². The number of aliphatic hydroxyl groups is 1. The van der Waals surface area contributed by atoms with Crippen molar-refractivity contribution in [1.82, 2.24) is 14.9 Å². The number of anilines is 2. The van der Waals surface area contributed by atoms with E-state index < -0.39 is 0 Å². The van der Waals surface area contributed by atoms with Crippen molar-refractivity contribution < 1.29 is 5.11 Å². The molecule has 1 fully saturated rings. The predicted molar refractivity (Wildman–Crippen MR) is 101 cm³/mol. The fourth-order valence-corrected chi connectivity index (χ4v) is 4.07. The Morgan fingerprint density at radius 1 is 1.29 bits per heavy atom. The number of hydrogen-bond donors (Lipinski definition) is 1. The van der Waals surface area contributed by atoms with Gasteiger partial charge in [-0.15, -0.1) is 11.3 Å². The first-order valence-corrected chi connectivity index (χ1v) is 9.46. The van der Waals surface area contributed by atoms with E-state index in [0.717, 1.165) is 60.9 Å². The maximum Gasteiger partial charge on any atom is 0.227 e. The molecule has 0 aromatic carbocycles. The molecule has 0 aliphatic carbocycles. The SMILES string of the molecule is CN(C)CCCN(C)c1nc(N2CCC[C@H]2CO)c2sccc2n1. The third kappa shape index (κ3) is 3.63. The summed E-state index contributed by atoms with van der Waals surface area (Å²) in [6, 6.07) is 2.24. The molecule has 3 rings (SSSR count). The maximum atomic E-state index is 9.67. The van der Waals surface area contributed by atoms with E-state index in [0.29, 0.717) is 0 Å². The van der Waals surface area contributed by atoms with Gasteiger partial charge in [0.25, 0.3) is 0 Å². The van der Waals surface area contributed by atoms with Gasteiger partial charge in [-0.3, -0.25) is 0 Å². The van der Waals surface area contributed by atoms with Crippen LogP contribution < -0.4 is 9.80 Å². The number of aromatic nitrogens is 2. The molecule has 6 nitrogen and oxygen atoms in total. The van der Waals surface area contributed by atoms with Gasteiger partial charge < -0.3 is 19.8 Å². The van der Waals surface area contributed by atoms with Crippen molar-refractivity contribution >= 4 is 33.3 Å². The molecule has 0 radical (unpaired) electrons. The molecule has 0 amide bonds. The minimum absolute atomic E-state index is 0.178.